The maximum Gasteiger partial charge on any atom is 1.00 e. The summed E-state index contributed by atoms with van der Waals surface area (Å²) < 4.78 is 0. The Balaban J connectivity index is 0. The van der Waals surface area contributed by atoms with Gasteiger partial charge in [-0.05, 0) is 0 Å². The van der Waals surface area contributed by atoms with E-state index in [-0.39, 0.29) is 64.2 Å². The van der Waals surface area contributed by atoms with Gasteiger partial charge in [-0.3, -0.25) is 9.59 Å². The van der Waals surface area contributed by atoms with Crippen LogP contribution < -0.4 is 51.4 Å². The van der Waals surface area contributed by atoms with Crippen LogP contribution in [0, 0.1) is 24.2 Å². The fourth-order valence-electron chi connectivity index (χ4n) is 1.94. The number of carbonyl (C=O) groups is 2. The molecule has 1 aliphatic carbocycles. The Morgan fingerprint density at radius 2 is 1.63 bits per heavy atom. The maximum absolute atomic E-state index is 9.64. The molecule has 1 fully saturated rings. The predicted molar refractivity (Wildman–Crippen MR) is 70.1 cm³/mol. The molecule has 19 heavy (non-hydrogen) atoms. The first kappa shape index (κ1) is 21.9. The Hall–Kier alpha value is 0.576. The zero-order chi connectivity index (χ0) is 14.1. The van der Waals surface area contributed by atoms with Gasteiger partial charge in [0.1, 0.15) is 0 Å². The van der Waals surface area contributed by atoms with Crippen LogP contribution in [0.4, 0.5) is 0 Å². The Morgan fingerprint density at radius 1 is 1.16 bits per heavy atom. The third kappa shape index (κ3) is 13.3. The quantitative estimate of drug-likeness (QED) is 0.575. The Kier molecular flexibility index (Phi) is 14.2. The van der Waals surface area contributed by atoms with Crippen LogP contribution in [0.15, 0.2) is 0 Å². The zero-order valence-electron chi connectivity index (χ0n) is 12.6. The molecule has 0 aromatic heterocycles. The predicted octanol–water partition coefficient (Wildman–Crippen LogP) is 0.223. The Bertz CT molecular complexity index is 244. The largest absolute Gasteiger partial charge is 1.00 e. The van der Waals surface area contributed by atoms with E-state index in [0.717, 1.165) is 17.8 Å². The summed E-state index contributed by atoms with van der Waals surface area (Å²) in [5, 5.41) is 15.8. The van der Waals surface area contributed by atoms with Gasteiger partial charge in [0, 0.05) is 0 Å². The standard InChI is InChI=1S/C10H19.C4H6O4.K/c1-8(2)10-6-4-9(3)5-7-10;5-3(6)1-2-4(7)8;/h6,8-10H,4-5,7H2,1-3H3;1-2H2,(H,5,6)(H,7,8);/q-1;;+1. The van der Waals surface area contributed by atoms with E-state index in [1.807, 2.05) is 0 Å². The fraction of sp³-hybridized carbons (Fsp3) is 0.786. The van der Waals surface area contributed by atoms with Crippen molar-refractivity contribution in [1.82, 2.24) is 0 Å². The Morgan fingerprint density at radius 3 is 1.89 bits per heavy atom. The van der Waals surface area contributed by atoms with Crippen LogP contribution in [0.1, 0.15) is 52.9 Å². The summed E-state index contributed by atoms with van der Waals surface area (Å²) in [6, 6.07) is 0. The Labute approximate surface area is 158 Å². The van der Waals surface area contributed by atoms with Crippen molar-refractivity contribution >= 4 is 11.9 Å². The molecule has 0 aliphatic heterocycles. The average Bonchev–Trinajstić information content (AvgIpc) is 2.28. The molecule has 106 valence electrons. The van der Waals surface area contributed by atoms with Crippen LogP contribution in [0.5, 0.6) is 0 Å². The third-order valence-corrected chi connectivity index (χ3v) is 3.24. The van der Waals surface area contributed by atoms with Crippen molar-refractivity contribution in [1.29, 1.82) is 0 Å². The third-order valence-electron chi connectivity index (χ3n) is 3.24. The van der Waals surface area contributed by atoms with Gasteiger partial charge in [0.05, 0.1) is 12.8 Å². The van der Waals surface area contributed by atoms with Gasteiger partial charge in [-0.25, -0.2) is 0 Å². The van der Waals surface area contributed by atoms with E-state index in [2.05, 4.69) is 27.2 Å². The minimum atomic E-state index is -1.08. The van der Waals surface area contributed by atoms with E-state index in [1.54, 1.807) is 0 Å². The van der Waals surface area contributed by atoms with Gasteiger partial charge < -0.3 is 16.6 Å². The van der Waals surface area contributed by atoms with Crippen LogP contribution in [0.25, 0.3) is 0 Å². The van der Waals surface area contributed by atoms with E-state index in [1.165, 1.54) is 19.3 Å². The van der Waals surface area contributed by atoms with Gasteiger partial charge in [-0.1, -0.05) is 45.4 Å². The van der Waals surface area contributed by atoms with Crippen molar-refractivity contribution in [3.63, 3.8) is 0 Å². The molecule has 2 N–H and O–H groups in total. The average molecular weight is 296 g/mol. The smallest absolute Gasteiger partial charge is 0.481 e. The number of carboxylic acids is 2. The van der Waals surface area contributed by atoms with Crippen LogP contribution >= 0.6 is 0 Å². The number of carboxylic acid groups (broad SMARTS) is 2. The van der Waals surface area contributed by atoms with Crippen molar-refractivity contribution in [2.24, 2.45) is 17.8 Å². The van der Waals surface area contributed by atoms with E-state index < -0.39 is 11.9 Å². The second-order valence-electron chi connectivity index (χ2n) is 5.35. The van der Waals surface area contributed by atoms with Crippen LogP contribution in [-0.4, -0.2) is 22.2 Å². The molecule has 1 saturated carbocycles. The number of aliphatic carboxylic acids is 2. The summed E-state index contributed by atoms with van der Waals surface area (Å²) >= 11 is 0. The van der Waals surface area contributed by atoms with Gasteiger partial charge in [0.25, 0.3) is 0 Å². The van der Waals surface area contributed by atoms with Crippen LogP contribution in [-0.2, 0) is 9.59 Å². The molecule has 0 heterocycles. The molecular formula is C14H25KO4. The molecule has 0 amide bonds. The molecule has 5 heteroatoms. The van der Waals surface area contributed by atoms with Gasteiger partial charge >= 0.3 is 63.3 Å². The first-order valence-corrected chi connectivity index (χ1v) is 6.59. The first-order valence-electron chi connectivity index (χ1n) is 6.59. The molecule has 4 nitrogen and oxygen atoms in total. The SMILES string of the molecule is CC1C[CH-]C(C(C)C)CC1.O=C(O)CCC(=O)O.[K+]. The summed E-state index contributed by atoms with van der Waals surface area (Å²) in [5.41, 5.74) is 0. The first-order chi connectivity index (χ1) is 8.32. The molecule has 2 unspecified atom stereocenters. The second kappa shape index (κ2) is 12.3. The molecule has 0 bridgehead atoms. The van der Waals surface area contributed by atoms with Crippen molar-refractivity contribution in [2.75, 3.05) is 0 Å². The summed E-state index contributed by atoms with van der Waals surface area (Å²) in [6.07, 6.45) is 6.16. The zero-order valence-corrected chi connectivity index (χ0v) is 15.7. The van der Waals surface area contributed by atoms with E-state index in [9.17, 15) is 9.59 Å². The fourth-order valence-corrected chi connectivity index (χ4v) is 1.94. The monoisotopic (exact) mass is 296 g/mol. The molecule has 0 saturated heterocycles. The molecule has 2 atom stereocenters. The molecule has 0 aromatic rings. The second-order valence-corrected chi connectivity index (χ2v) is 5.35. The van der Waals surface area contributed by atoms with Gasteiger partial charge in [-0.15, -0.1) is 0 Å². The van der Waals surface area contributed by atoms with Crippen LogP contribution in [0.2, 0.25) is 0 Å². The van der Waals surface area contributed by atoms with Crippen molar-refractivity contribution in [2.45, 2.75) is 52.9 Å². The van der Waals surface area contributed by atoms with E-state index in [4.69, 9.17) is 10.2 Å². The van der Waals surface area contributed by atoms with E-state index >= 15 is 0 Å². The van der Waals surface area contributed by atoms with Gasteiger partial charge in [0.15, 0.2) is 0 Å². The van der Waals surface area contributed by atoms with Crippen molar-refractivity contribution in [3.05, 3.63) is 6.42 Å². The maximum atomic E-state index is 9.64. The normalized spacial score (nSPS) is 21.9. The summed E-state index contributed by atoms with van der Waals surface area (Å²) in [5.74, 6) is 0.582. The number of hydrogen-bond acceptors (Lipinski definition) is 2. The van der Waals surface area contributed by atoms with E-state index in [0.29, 0.717) is 0 Å². The minimum absolute atomic E-state index is 0. The molecule has 1 aliphatic rings. The van der Waals surface area contributed by atoms with Crippen molar-refractivity contribution < 1.29 is 71.2 Å². The summed E-state index contributed by atoms with van der Waals surface area (Å²) in [7, 11) is 0. The minimum Gasteiger partial charge on any atom is -0.481 e. The molecule has 0 aromatic carbocycles. The molecular weight excluding hydrogens is 271 g/mol. The summed E-state index contributed by atoms with van der Waals surface area (Å²) in [4.78, 5) is 19.3. The van der Waals surface area contributed by atoms with Gasteiger partial charge in [-0.2, -0.15) is 12.3 Å². The molecule has 1 rings (SSSR count). The molecule has 0 radical (unpaired) electrons. The topological polar surface area (TPSA) is 74.6 Å². The molecule has 0 spiro atoms. The van der Waals surface area contributed by atoms with Crippen LogP contribution in [0.3, 0.4) is 0 Å². The number of hydrogen-bond donors (Lipinski definition) is 2. The van der Waals surface area contributed by atoms with Gasteiger partial charge in [0.2, 0.25) is 0 Å². The summed E-state index contributed by atoms with van der Waals surface area (Å²) in [6.45, 7) is 7.02. The number of rotatable bonds is 4. The van der Waals surface area contributed by atoms with Crippen molar-refractivity contribution in [3.8, 4) is 0 Å².